The molecular formula is C15H20N2O3S. The molecule has 6 heteroatoms. The largest absolute Gasteiger partial charge is 0.321 e. The first-order valence-electron chi connectivity index (χ1n) is 7.25. The van der Waals surface area contributed by atoms with Crippen LogP contribution in [0.5, 0.6) is 0 Å². The minimum Gasteiger partial charge on any atom is -0.321 e. The summed E-state index contributed by atoms with van der Waals surface area (Å²) < 4.78 is 23.2. The van der Waals surface area contributed by atoms with Crippen molar-refractivity contribution in [3.05, 3.63) is 35.4 Å². The monoisotopic (exact) mass is 308 g/mol. The van der Waals surface area contributed by atoms with Gasteiger partial charge < -0.3 is 4.90 Å². The second-order valence-electron chi connectivity index (χ2n) is 5.96. The summed E-state index contributed by atoms with van der Waals surface area (Å²) in [4.78, 5) is 13.9. The van der Waals surface area contributed by atoms with Crippen LogP contribution in [0, 0.1) is 12.8 Å². The van der Waals surface area contributed by atoms with Crippen molar-refractivity contribution in [1.82, 2.24) is 10.2 Å². The van der Waals surface area contributed by atoms with Gasteiger partial charge in [-0.2, -0.15) is 0 Å². The molecule has 5 nitrogen and oxygen atoms in total. The van der Waals surface area contributed by atoms with Crippen molar-refractivity contribution in [3.8, 4) is 0 Å². The Hall–Kier alpha value is -1.40. The van der Waals surface area contributed by atoms with E-state index in [1.807, 2.05) is 31.2 Å². The highest BCUT2D eigenvalue weighted by Gasteiger charge is 2.37. The van der Waals surface area contributed by atoms with Crippen LogP contribution in [-0.2, 0) is 14.6 Å². The average molecular weight is 308 g/mol. The predicted molar refractivity (Wildman–Crippen MR) is 80.4 cm³/mol. The van der Waals surface area contributed by atoms with Gasteiger partial charge in [-0.1, -0.05) is 24.3 Å². The Morgan fingerprint density at radius 1 is 1.33 bits per heavy atom. The summed E-state index contributed by atoms with van der Waals surface area (Å²) in [5, 5.41) is 3.24. The van der Waals surface area contributed by atoms with Crippen LogP contribution in [0.3, 0.4) is 0 Å². The molecule has 2 aliphatic rings. The first kappa shape index (κ1) is 14.5. The maximum atomic E-state index is 12.1. The molecular weight excluding hydrogens is 288 g/mol. The maximum Gasteiger partial charge on any atom is 0.238 e. The SMILES string of the molecule is Cc1ccccc1C1NCC(=O)N1CC1CCS(=O)(=O)C1. The number of nitrogens with zero attached hydrogens (tertiary/aromatic N) is 1. The van der Waals surface area contributed by atoms with Crippen molar-refractivity contribution < 1.29 is 13.2 Å². The third-order valence-electron chi connectivity index (χ3n) is 4.34. The number of sulfone groups is 1. The van der Waals surface area contributed by atoms with Crippen molar-refractivity contribution in [3.63, 3.8) is 0 Å². The zero-order valence-electron chi connectivity index (χ0n) is 12.1. The van der Waals surface area contributed by atoms with Crippen molar-refractivity contribution in [2.24, 2.45) is 5.92 Å². The molecule has 0 spiro atoms. The molecule has 1 aromatic rings. The van der Waals surface area contributed by atoms with Crippen LogP contribution in [0.4, 0.5) is 0 Å². The zero-order chi connectivity index (χ0) is 15.0. The fraction of sp³-hybridized carbons (Fsp3) is 0.533. The quantitative estimate of drug-likeness (QED) is 0.899. The molecule has 114 valence electrons. The number of hydrogen-bond donors (Lipinski definition) is 1. The number of carbonyl (C=O) groups excluding carboxylic acids is 1. The lowest BCUT2D eigenvalue weighted by molar-refractivity contribution is -0.128. The van der Waals surface area contributed by atoms with Gasteiger partial charge in [-0.25, -0.2) is 8.42 Å². The molecule has 3 rings (SSSR count). The molecule has 2 unspecified atom stereocenters. The van der Waals surface area contributed by atoms with Gasteiger partial charge in [0.25, 0.3) is 0 Å². The van der Waals surface area contributed by atoms with E-state index in [0.717, 1.165) is 11.1 Å². The summed E-state index contributed by atoms with van der Waals surface area (Å²) in [6.07, 6.45) is 0.522. The van der Waals surface area contributed by atoms with Gasteiger partial charge in [0.1, 0.15) is 6.17 Å². The van der Waals surface area contributed by atoms with E-state index in [4.69, 9.17) is 0 Å². The predicted octanol–water partition coefficient (Wildman–Crippen LogP) is 0.860. The molecule has 2 fully saturated rings. The van der Waals surface area contributed by atoms with E-state index >= 15 is 0 Å². The summed E-state index contributed by atoms with van der Waals surface area (Å²) in [6.45, 7) is 2.86. The Morgan fingerprint density at radius 3 is 2.76 bits per heavy atom. The van der Waals surface area contributed by atoms with E-state index in [1.165, 1.54) is 0 Å². The zero-order valence-corrected chi connectivity index (χ0v) is 12.9. The number of amides is 1. The Bertz CT molecular complexity index is 657. The molecule has 0 saturated carbocycles. The van der Waals surface area contributed by atoms with E-state index in [0.29, 0.717) is 19.5 Å². The number of hydrogen-bond acceptors (Lipinski definition) is 4. The minimum atomic E-state index is -2.90. The average Bonchev–Trinajstić information content (AvgIpc) is 2.95. The Kier molecular flexibility index (Phi) is 3.75. The van der Waals surface area contributed by atoms with E-state index in [-0.39, 0.29) is 29.5 Å². The van der Waals surface area contributed by atoms with Gasteiger partial charge in [-0.15, -0.1) is 0 Å². The first-order valence-corrected chi connectivity index (χ1v) is 9.07. The van der Waals surface area contributed by atoms with Gasteiger partial charge in [0.2, 0.25) is 5.91 Å². The lowest BCUT2D eigenvalue weighted by Gasteiger charge is -2.28. The van der Waals surface area contributed by atoms with Crippen LogP contribution >= 0.6 is 0 Å². The molecule has 2 atom stereocenters. The van der Waals surface area contributed by atoms with E-state index in [9.17, 15) is 13.2 Å². The third kappa shape index (κ3) is 2.96. The number of carbonyl (C=O) groups is 1. The molecule has 1 N–H and O–H groups in total. The third-order valence-corrected chi connectivity index (χ3v) is 6.18. The summed E-state index contributed by atoms with van der Waals surface area (Å²) in [5.41, 5.74) is 2.22. The maximum absolute atomic E-state index is 12.1. The molecule has 1 aromatic carbocycles. The van der Waals surface area contributed by atoms with Crippen LogP contribution in [0.2, 0.25) is 0 Å². The summed E-state index contributed by atoms with van der Waals surface area (Å²) in [6, 6.07) is 7.98. The molecule has 2 saturated heterocycles. The number of nitrogens with one attached hydrogen (secondary N) is 1. The molecule has 2 heterocycles. The fourth-order valence-corrected chi connectivity index (χ4v) is 5.06. The standard InChI is InChI=1S/C15H20N2O3S/c1-11-4-2-3-5-13(11)15-16-8-14(18)17(15)9-12-6-7-21(19,20)10-12/h2-5,12,15-16H,6-10H2,1H3. The Balaban J connectivity index is 1.79. The topological polar surface area (TPSA) is 66.5 Å². The van der Waals surface area contributed by atoms with Gasteiger partial charge in [0.05, 0.1) is 18.1 Å². The van der Waals surface area contributed by atoms with E-state index in [2.05, 4.69) is 5.32 Å². The van der Waals surface area contributed by atoms with Crippen molar-refractivity contribution >= 4 is 15.7 Å². The lowest BCUT2D eigenvalue weighted by atomic mass is 10.0. The number of benzene rings is 1. The molecule has 0 aliphatic carbocycles. The lowest BCUT2D eigenvalue weighted by Crippen LogP contribution is -2.35. The van der Waals surface area contributed by atoms with E-state index < -0.39 is 9.84 Å². The van der Waals surface area contributed by atoms with Crippen LogP contribution < -0.4 is 5.32 Å². The van der Waals surface area contributed by atoms with Crippen molar-refractivity contribution in [2.75, 3.05) is 24.6 Å². The van der Waals surface area contributed by atoms with Crippen molar-refractivity contribution in [2.45, 2.75) is 19.5 Å². The van der Waals surface area contributed by atoms with Crippen LogP contribution in [0.15, 0.2) is 24.3 Å². The first-order chi connectivity index (χ1) is 9.96. The molecule has 0 radical (unpaired) electrons. The van der Waals surface area contributed by atoms with Gasteiger partial charge in [-0.05, 0) is 30.4 Å². The highest BCUT2D eigenvalue weighted by atomic mass is 32.2. The second-order valence-corrected chi connectivity index (χ2v) is 8.18. The number of rotatable bonds is 3. The number of aryl methyl sites for hydroxylation is 1. The highest BCUT2D eigenvalue weighted by molar-refractivity contribution is 7.91. The Morgan fingerprint density at radius 2 is 2.10 bits per heavy atom. The summed E-state index contributed by atoms with van der Waals surface area (Å²) in [5.74, 6) is 0.567. The molecule has 1 amide bonds. The molecule has 2 aliphatic heterocycles. The highest BCUT2D eigenvalue weighted by Crippen LogP contribution is 2.28. The van der Waals surface area contributed by atoms with Gasteiger partial charge >= 0.3 is 0 Å². The summed E-state index contributed by atoms with van der Waals surface area (Å²) >= 11 is 0. The second kappa shape index (κ2) is 5.42. The van der Waals surface area contributed by atoms with Crippen LogP contribution in [0.25, 0.3) is 0 Å². The van der Waals surface area contributed by atoms with Crippen LogP contribution in [0.1, 0.15) is 23.7 Å². The van der Waals surface area contributed by atoms with Gasteiger partial charge in [-0.3, -0.25) is 10.1 Å². The molecule has 0 bridgehead atoms. The van der Waals surface area contributed by atoms with Crippen molar-refractivity contribution in [1.29, 1.82) is 0 Å². The minimum absolute atomic E-state index is 0.0487. The molecule has 0 aromatic heterocycles. The Labute approximate surface area is 125 Å². The van der Waals surface area contributed by atoms with E-state index in [1.54, 1.807) is 4.90 Å². The van der Waals surface area contributed by atoms with Crippen LogP contribution in [-0.4, -0.2) is 43.8 Å². The molecule has 21 heavy (non-hydrogen) atoms. The van der Waals surface area contributed by atoms with Gasteiger partial charge in [0.15, 0.2) is 9.84 Å². The smallest absolute Gasteiger partial charge is 0.238 e. The normalized spacial score (nSPS) is 28.2. The summed E-state index contributed by atoms with van der Waals surface area (Å²) in [7, 11) is -2.90. The fourth-order valence-electron chi connectivity index (χ4n) is 3.21. The van der Waals surface area contributed by atoms with Gasteiger partial charge in [0, 0.05) is 6.54 Å².